The SMILES string of the molecule is O=c1c(O[C@@H]2O[C@H](CO)[C@@H](O[C@@H]3O[C@H](CO)[C@@H](O)[C@H](O)[C@H]3O)[C@H](O)[C@H]2O)c(-c2ccc(O)c(O)c2)oc2cc(O)cc(O)c12. The Labute approximate surface area is 246 Å². The summed E-state index contributed by atoms with van der Waals surface area (Å²) >= 11 is 0. The molecule has 2 aromatic carbocycles. The Morgan fingerprint density at radius 1 is 0.705 bits per heavy atom. The first-order valence-electron chi connectivity index (χ1n) is 13.2. The van der Waals surface area contributed by atoms with E-state index in [1.54, 1.807) is 0 Å². The molecule has 0 unspecified atom stereocenters. The van der Waals surface area contributed by atoms with Crippen LogP contribution in [0.1, 0.15) is 0 Å². The molecule has 10 atom stereocenters. The van der Waals surface area contributed by atoms with Crippen LogP contribution in [0.15, 0.2) is 39.5 Å². The van der Waals surface area contributed by atoms with Gasteiger partial charge in [0.25, 0.3) is 0 Å². The standard InChI is InChI=1S/C27H30O17/c28-6-14-17(34)19(36)21(38)26(41-14)43-24-15(7-29)42-27(22(39)20(24)37)44-25-18(35)16-12(33)4-9(30)5-13(16)40-23(25)8-1-2-10(31)11(32)3-8/h1-5,14-15,17,19-22,24,26-34,36-39H,6-7H2/t14-,15-,17-,19+,20-,21-,22-,24-,26+,27+/m1/s1. The number of aromatic hydroxyl groups is 4. The highest BCUT2D eigenvalue weighted by Gasteiger charge is 2.51. The molecule has 0 bridgehead atoms. The van der Waals surface area contributed by atoms with Gasteiger partial charge in [0.15, 0.2) is 23.5 Å². The normalized spacial score (nSPS) is 32.5. The number of rotatable bonds is 7. The van der Waals surface area contributed by atoms with Crippen molar-refractivity contribution in [1.29, 1.82) is 0 Å². The predicted molar refractivity (Wildman–Crippen MR) is 142 cm³/mol. The van der Waals surface area contributed by atoms with Crippen LogP contribution < -0.4 is 10.2 Å². The average molecular weight is 627 g/mol. The number of fused-ring (bicyclic) bond motifs is 1. The van der Waals surface area contributed by atoms with Gasteiger partial charge in [-0.15, -0.1) is 0 Å². The van der Waals surface area contributed by atoms with Crippen LogP contribution in [-0.2, 0) is 14.2 Å². The molecular formula is C27H30O17. The summed E-state index contributed by atoms with van der Waals surface area (Å²) in [5.41, 5.74) is -1.41. The fraction of sp³-hybridized carbons (Fsp3) is 0.444. The first kappa shape index (κ1) is 31.7. The van der Waals surface area contributed by atoms with Crippen LogP contribution >= 0.6 is 0 Å². The monoisotopic (exact) mass is 626 g/mol. The molecule has 0 spiro atoms. The summed E-state index contributed by atoms with van der Waals surface area (Å²) in [4.78, 5) is 13.6. The van der Waals surface area contributed by atoms with Crippen molar-refractivity contribution < 1.29 is 79.5 Å². The third kappa shape index (κ3) is 5.61. The highest BCUT2D eigenvalue weighted by Crippen LogP contribution is 2.39. The molecule has 5 rings (SSSR count). The molecule has 2 aliphatic rings. The third-order valence-electron chi connectivity index (χ3n) is 7.35. The van der Waals surface area contributed by atoms with Gasteiger partial charge in [0.05, 0.1) is 13.2 Å². The van der Waals surface area contributed by atoms with Gasteiger partial charge in [0, 0.05) is 17.7 Å². The lowest BCUT2D eigenvalue weighted by Gasteiger charge is -2.45. The molecule has 17 heteroatoms. The molecule has 0 saturated carbocycles. The van der Waals surface area contributed by atoms with Crippen molar-refractivity contribution in [2.45, 2.75) is 61.4 Å². The van der Waals surface area contributed by atoms with E-state index >= 15 is 0 Å². The molecule has 3 heterocycles. The van der Waals surface area contributed by atoms with Crippen molar-refractivity contribution in [3.63, 3.8) is 0 Å². The smallest absolute Gasteiger partial charge is 0.239 e. The van der Waals surface area contributed by atoms with Gasteiger partial charge in [-0.2, -0.15) is 0 Å². The molecule has 1 aromatic heterocycles. The Balaban J connectivity index is 1.49. The van der Waals surface area contributed by atoms with Crippen molar-refractivity contribution >= 4 is 11.0 Å². The van der Waals surface area contributed by atoms with E-state index in [9.17, 15) is 61.0 Å². The zero-order valence-electron chi connectivity index (χ0n) is 22.4. The number of benzene rings is 2. The van der Waals surface area contributed by atoms with E-state index in [0.29, 0.717) is 0 Å². The summed E-state index contributed by atoms with van der Waals surface area (Å²) in [6.45, 7) is -1.67. The minimum atomic E-state index is -2.04. The van der Waals surface area contributed by atoms with Crippen molar-refractivity contribution in [2.24, 2.45) is 0 Å². The topological polar surface area (TPSA) is 290 Å². The van der Waals surface area contributed by atoms with Gasteiger partial charge >= 0.3 is 0 Å². The van der Waals surface area contributed by atoms with Gasteiger partial charge in [0.2, 0.25) is 17.5 Å². The van der Waals surface area contributed by atoms with Gasteiger partial charge in [-0.25, -0.2) is 0 Å². The highest BCUT2D eigenvalue weighted by molar-refractivity contribution is 5.88. The van der Waals surface area contributed by atoms with Crippen molar-refractivity contribution in [3.05, 3.63) is 40.6 Å². The Morgan fingerprint density at radius 3 is 2.02 bits per heavy atom. The second-order valence-electron chi connectivity index (χ2n) is 10.3. The lowest BCUT2D eigenvalue weighted by molar-refractivity contribution is -0.352. The van der Waals surface area contributed by atoms with Gasteiger partial charge in [-0.1, -0.05) is 0 Å². The van der Waals surface area contributed by atoms with Gasteiger partial charge in [0.1, 0.15) is 71.3 Å². The average Bonchev–Trinajstić information content (AvgIpc) is 2.98. The lowest BCUT2D eigenvalue weighted by atomic mass is 9.97. The van der Waals surface area contributed by atoms with E-state index in [1.165, 1.54) is 6.07 Å². The quantitative estimate of drug-likeness (QED) is 0.119. The Hall–Kier alpha value is -3.75. The molecule has 0 radical (unpaired) electrons. The van der Waals surface area contributed by atoms with Crippen molar-refractivity contribution in [2.75, 3.05) is 13.2 Å². The Kier molecular flexibility index (Phi) is 8.87. The minimum Gasteiger partial charge on any atom is -0.508 e. The minimum absolute atomic E-state index is 0.0504. The zero-order valence-corrected chi connectivity index (χ0v) is 22.4. The second-order valence-corrected chi connectivity index (χ2v) is 10.3. The maximum Gasteiger partial charge on any atom is 0.239 e. The molecule has 2 fully saturated rings. The number of phenols is 4. The summed E-state index contributed by atoms with van der Waals surface area (Å²) in [6.07, 6.45) is -17.7. The summed E-state index contributed by atoms with van der Waals surface area (Å²) in [6, 6.07) is 5.17. The van der Waals surface area contributed by atoms with E-state index < -0.39 is 120 Å². The van der Waals surface area contributed by atoms with Crippen LogP contribution in [0.5, 0.6) is 28.7 Å². The lowest BCUT2D eigenvalue weighted by Crippen LogP contribution is -2.65. The Bertz CT molecular complexity index is 1550. The fourth-order valence-electron chi connectivity index (χ4n) is 5.00. The third-order valence-corrected chi connectivity index (χ3v) is 7.35. The number of hydrogen-bond acceptors (Lipinski definition) is 17. The predicted octanol–water partition coefficient (Wildman–Crippen LogP) is -2.71. The summed E-state index contributed by atoms with van der Waals surface area (Å²) < 4.78 is 27.8. The van der Waals surface area contributed by atoms with Gasteiger partial charge < -0.3 is 79.5 Å². The maximum atomic E-state index is 13.6. The molecule has 0 amide bonds. The second kappa shape index (κ2) is 12.3. The maximum absolute atomic E-state index is 13.6. The molecule has 11 N–H and O–H groups in total. The number of phenolic OH excluding ortho intramolecular Hbond substituents is 4. The summed E-state index contributed by atoms with van der Waals surface area (Å²) in [7, 11) is 0. The van der Waals surface area contributed by atoms with E-state index in [4.69, 9.17) is 23.4 Å². The molecule has 2 saturated heterocycles. The fourth-order valence-corrected chi connectivity index (χ4v) is 5.00. The molecule has 2 aliphatic heterocycles. The first-order chi connectivity index (χ1) is 20.9. The number of hydrogen-bond donors (Lipinski definition) is 11. The number of aliphatic hydroxyl groups excluding tert-OH is 7. The molecule has 0 aliphatic carbocycles. The van der Waals surface area contributed by atoms with Crippen molar-refractivity contribution in [3.8, 4) is 40.1 Å². The molecule has 240 valence electrons. The first-order valence-corrected chi connectivity index (χ1v) is 13.2. The van der Waals surface area contributed by atoms with Crippen LogP contribution in [0.3, 0.4) is 0 Å². The molecule has 17 nitrogen and oxygen atoms in total. The van der Waals surface area contributed by atoms with E-state index in [2.05, 4.69) is 0 Å². The van der Waals surface area contributed by atoms with E-state index in [1.807, 2.05) is 0 Å². The van der Waals surface area contributed by atoms with Crippen LogP contribution in [0.4, 0.5) is 0 Å². The van der Waals surface area contributed by atoms with Crippen LogP contribution in [0.25, 0.3) is 22.3 Å². The summed E-state index contributed by atoms with van der Waals surface area (Å²) in [5.74, 6) is -3.44. The van der Waals surface area contributed by atoms with Crippen LogP contribution in [0, 0.1) is 0 Å². The van der Waals surface area contributed by atoms with E-state index in [0.717, 1.165) is 24.3 Å². The van der Waals surface area contributed by atoms with Crippen LogP contribution in [-0.4, -0.2) is 131 Å². The molecule has 3 aromatic rings. The summed E-state index contributed by atoms with van der Waals surface area (Å²) in [5, 5.41) is 111. The number of aliphatic hydroxyl groups is 7. The highest BCUT2D eigenvalue weighted by atomic mass is 16.7. The van der Waals surface area contributed by atoms with Gasteiger partial charge in [-0.3, -0.25) is 4.79 Å². The molecular weight excluding hydrogens is 596 g/mol. The van der Waals surface area contributed by atoms with Gasteiger partial charge in [-0.05, 0) is 18.2 Å². The zero-order chi connectivity index (χ0) is 32.0. The largest absolute Gasteiger partial charge is 0.508 e. The van der Waals surface area contributed by atoms with Crippen molar-refractivity contribution in [1.82, 2.24) is 0 Å². The number of ether oxygens (including phenoxy) is 4. The molecule has 44 heavy (non-hydrogen) atoms. The van der Waals surface area contributed by atoms with Crippen LogP contribution in [0.2, 0.25) is 0 Å². The van der Waals surface area contributed by atoms with E-state index in [-0.39, 0.29) is 11.1 Å². The Morgan fingerprint density at radius 2 is 1.36 bits per heavy atom.